The van der Waals surface area contributed by atoms with Gasteiger partial charge in [0.1, 0.15) is 11.9 Å². The molecule has 1 heterocycles. The van der Waals surface area contributed by atoms with Crippen LogP contribution in [0.15, 0.2) is 28.7 Å². The van der Waals surface area contributed by atoms with Crippen LogP contribution in [0.25, 0.3) is 0 Å². The number of nitrogens with one attached hydrogen (secondary N) is 1. The molecule has 1 aromatic rings. The van der Waals surface area contributed by atoms with Gasteiger partial charge in [0.15, 0.2) is 0 Å². The second kappa shape index (κ2) is 3.46. The van der Waals surface area contributed by atoms with Crippen LogP contribution in [-0.4, -0.2) is 19.2 Å². The van der Waals surface area contributed by atoms with Gasteiger partial charge >= 0.3 is 0 Å². The van der Waals surface area contributed by atoms with Crippen molar-refractivity contribution in [2.75, 3.05) is 13.1 Å². The maximum absolute atomic E-state index is 5.62. The first-order valence-corrected chi connectivity index (χ1v) is 4.77. The zero-order valence-electron chi connectivity index (χ0n) is 6.59. The minimum Gasteiger partial charge on any atom is -0.488 e. The largest absolute Gasteiger partial charge is 0.488 e. The average molecular weight is 228 g/mol. The minimum atomic E-state index is 0.367. The summed E-state index contributed by atoms with van der Waals surface area (Å²) < 4.78 is 6.71. The van der Waals surface area contributed by atoms with E-state index >= 15 is 0 Å². The fourth-order valence-corrected chi connectivity index (χ4v) is 1.32. The molecule has 3 heteroatoms. The van der Waals surface area contributed by atoms with Crippen LogP contribution in [0.2, 0.25) is 0 Å². The number of ether oxygens (including phenoxy) is 1. The summed E-state index contributed by atoms with van der Waals surface area (Å²) in [5.74, 6) is 0.949. The molecule has 0 radical (unpaired) electrons. The van der Waals surface area contributed by atoms with Crippen molar-refractivity contribution >= 4 is 15.9 Å². The lowest BCUT2D eigenvalue weighted by Crippen LogP contribution is -2.50. The molecule has 0 spiro atoms. The summed E-state index contributed by atoms with van der Waals surface area (Å²) in [7, 11) is 0. The number of hydrogen-bond donors (Lipinski definition) is 1. The normalized spacial score (nSPS) is 17.1. The van der Waals surface area contributed by atoms with Crippen molar-refractivity contribution in [3.63, 3.8) is 0 Å². The van der Waals surface area contributed by atoms with Crippen molar-refractivity contribution < 1.29 is 4.74 Å². The molecule has 0 aliphatic carbocycles. The Morgan fingerprint density at radius 2 is 1.92 bits per heavy atom. The molecule has 0 amide bonds. The molecule has 0 saturated carbocycles. The van der Waals surface area contributed by atoms with Gasteiger partial charge < -0.3 is 10.1 Å². The third kappa shape index (κ3) is 1.79. The van der Waals surface area contributed by atoms with E-state index in [1.54, 1.807) is 0 Å². The standard InChI is InChI=1S/C9H10BrNO/c10-7-1-3-8(4-2-7)12-9-5-11-6-9/h1-4,9,11H,5-6H2. The lowest BCUT2D eigenvalue weighted by molar-refractivity contribution is 0.142. The van der Waals surface area contributed by atoms with Crippen molar-refractivity contribution in [2.45, 2.75) is 6.10 Å². The first-order chi connectivity index (χ1) is 5.84. The highest BCUT2D eigenvalue weighted by atomic mass is 79.9. The summed E-state index contributed by atoms with van der Waals surface area (Å²) in [6.45, 7) is 1.94. The van der Waals surface area contributed by atoms with Gasteiger partial charge in [-0.15, -0.1) is 0 Å². The Hall–Kier alpha value is -0.540. The van der Waals surface area contributed by atoms with Gasteiger partial charge in [-0.1, -0.05) is 15.9 Å². The van der Waals surface area contributed by atoms with E-state index in [9.17, 15) is 0 Å². The summed E-state index contributed by atoms with van der Waals surface area (Å²) >= 11 is 3.37. The maximum atomic E-state index is 5.62. The van der Waals surface area contributed by atoms with Crippen LogP contribution < -0.4 is 10.1 Å². The summed E-state index contributed by atoms with van der Waals surface area (Å²) in [4.78, 5) is 0. The second-order valence-electron chi connectivity index (χ2n) is 2.85. The van der Waals surface area contributed by atoms with Crippen LogP contribution in [0.1, 0.15) is 0 Å². The predicted octanol–water partition coefficient (Wildman–Crippen LogP) is 1.80. The molecule has 0 atom stereocenters. The monoisotopic (exact) mass is 227 g/mol. The van der Waals surface area contributed by atoms with Gasteiger partial charge in [-0.25, -0.2) is 0 Å². The number of halogens is 1. The summed E-state index contributed by atoms with van der Waals surface area (Å²) in [6, 6.07) is 7.92. The van der Waals surface area contributed by atoms with Gasteiger partial charge in [0.25, 0.3) is 0 Å². The molecule has 1 aromatic carbocycles. The van der Waals surface area contributed by atoms with Crippen LogP contribution >= 0.6 is 15.9 Å². The molecule has 1 fully saturated rings. The van der Waals surface area contributed by atoms with Gasteiger partial charge in [0, 0.05) is 17.6 Å². The molecule has 0 aromatic heterocycles. The van der Waals surface area contributed by atoms with E-state index in [0.29, 0.717) is 6.10 Å². The van der Waals surface area contributed by atoms with Crippen LogP contribution in [0, 0.1) is 0 Å². The summed E-state index contributed by atoms with van der Waals surface area (Å²) in [5, 5.41) is 3.16. The molecule has 64 valence electrons. The molecule has 2 nitrogen and oxygen atoms in total. The zero-order valence-corrected chi connectivity index (χ0v) is 8.17. The summed E-state index contributed by atoms with van der Waals surface area (Å²) in [6.07, 6.45) is 0.367. The second-order valence-corrected chi connectivity index (χ2v) is 3.77. The van der Waals surface area contributed by atoms with Gasteiger partial charge in [-0.3, -0.25) is 0 Å². The van der Waals surface area contributed by atoms with E-state index in [0.717, 1.165) is 23.3 Å². The SMILES string of the molecule is Brc1ccc(OC2CNC2)cc1. The van der Waals surface area contributed by atoms with Crippen molar-refractivity contribution in [1.29, 1.82) is 0 Å². The number of benzene rings is 1. The number of rotatable bonds is 2. The first-order valence-electron chi connectivity index (χ1n) is 3.97. The first kappa shape index (κ1) is 8.08. The molecule has 1 aliphatic heterocycles. The molecular formula is C9H10BrNO. The molecule has 0 unspecified atom stereocenters. The Bertz CT molecular complexity index is 256. The lowest BCUT2D eigenvalue weighted by atomic mass is 10.2. The maximum Gasteiger partial charge on any atom is 0.123 e. The Kier molecular flexibility index (Phi) is 2.33. The van der Waals surface area contributed by atoms with Crippen LogP contribution in [-0.2, 0) is 0 Å². The molecule has 1 N–H and O–H groups in total. The van der Waals surface area contributed by atoms with Crippen LogP contribution in [0.4, 0.5) is 0 Å². The van der Waals surface area contributed by atoms with Gasteiger partial charge in [0.2, 0.25) is 0 Å². The number of hydrogen-bond acceptors (Lipinski definition) is 2. The molecular weight excluding hydrogens is 218 g/mol. The minimum absolute atomic E-state index is 0.367. The highest BCUT2D eigenvalue weighted by molar-refractivity contribution is 9.10. The molecule has 1 saturated heterocycles. The van der Waals surface area contributed by atoms with E-state index in [2.05, 4.69) is 21.2 Å². The van der Waals surface area contributed by atoms with Crippen LogP contribution in [0.3, 0.4) is 0 Å². The quantitative estimate of drug-likeness (QED) is 0.833. The summed E-state index contributed by atoms with van der Waals surface area (Å²) in [5.41, 5.74) is 0. The molecule has 2 rings (SSSR count). The van der Waals surface area contributed by atoms with Crippen molar-refractivity contribution in [1.82, 2.24) is 5.32 Å². The average Bonchev–Trinajstić information content (AvgIpc) is 2.00. The fourth-order valence-electron chi connectivity index (χ4n) is 1.05. The highest BCUT2D eigenvalue weighted by Gasteiger charge is 2.17. The van der Waals surface area contributed by atoms with Gasteiger partial charge in [-0.05, 0) is 24.3 Å². The Balaban J connectivity index is 1.98. The van der Waals surface area contributed by atoms with Crippen molar-refractivity contribution in [3.05, 3.63) is 28.7 Å². The van der Waals surface area contributed by atoms with Crippen molar-refractivity contribution in [2.24, 2.45) is 0 Å². The van der Waals surface area contributed by atoms with E-state index in [1.165, 1.54) is 0 Å². The predicted molar refractivity (Wildman–Crippen MR) is 51.4 cm³/mol. The zero-order chi connectivity index (χ0) is 8.39. The van der Waals surface area contributed by atoms with E-state index in [1.807, 2.05) is 24.3 Å². The highest BCUT2D eigenvalue weighted by Crippen LogP contribution is 2.17. The smallest absolute Gasteiger partial charge is 0.123 e. The van der Waals surface area contributed by atoms with E-state index in [4.69, 9.17) is 4.74 Å². The molecule has 1 aliphatic rings. The fraction of sp³-hybridized carbons (Fsp3) is 0.333. The van der Waals surface area contributed by atoms with Gasteiger partial charge in [0.05, 0.1) is 0 Å². The molecule has 12 heavy (non-hydrogen) atoms. The Morgan fingerprint density at radius 1 is 1.25 bits per heavy atom. The van der Waals surface area contributed by atoms with E-state index in [-0.39, 0.29) is 0 Å². The Labute approximate surface area is 80.1 Å². The van der Waals surface area contributed by atoms with Gasteiger partial charge in [-0.2, -0.15) is 0 Å². The third-order valence-electron chi connectivity index (χ3n) is 1.86. The van der Waals surface area contributed by atoms with Crippen molar-refractivity contribution in [3.8, 4) is 5.75 Å². The topological polar surface area (TPSA) is 21.3 Å². The third-order valence-corrected chi connectivity index (χ3v) is 2.39. The molecule has 0 bridgehead atoms. The lowest BCUT2D eigenvalue weighted by Gasteiger charge is -2.27. The van der Waals surface area contributed by atoms with E-state index < -0.39 is 0 Å². The Morgan fingerprint density at radius 3 is 2.42 bits per heavy atom. The van der Waals surface area contributed by atoms with Crippen LogP contribution in [0.5, 0.6) is 5.75 Å².